The number of carbonyl (C=O) groups is 1. The van der Waals surface area contributed by atoms with Crippen molar-refractivity contribution in [1.82, 2.24) is 9.62 Å². The van der Waals surface area contributed by atoms with Crippen LogP contribution in [-0.2, 0) is 14.8 Å². The summed E-state index contributed by atoms with van der Waals surface area (Å²) in [4.78, 5) is 14.2. The molecule has 25 heavy (non-hydrogen) atoms. The topological polar surface area (TPSA) is 66.5 Å². The van der Waals surface area contributed by atoms with Crippen molar-refractivity contribution in [2.24, 2.45) is 5.92 Å². The first-order valence-corrected chi connectivity index (χ1v) is 10.5. The number of hydrogen-bond acceptors (Lipinski definition) is 3. The van der Waals surface area contributed by atoms with Crippen LogP contribution >= 0.6 is 0 Å². The van der Waals surface area contributed by atoms with Gasteiger partial charge in [0.1, 0.15) is 5.82 Å². The Morgan fingerprint density at radius 2 is 1.96 bits per heavy atom. The van der Waals surface area contributed by atoms with Crippen LogP contribution in [0.2, 0.25) is 0 Å². The van der Waals surface area contributed by atoms with E-state index in [1.165, 1.54) is 31.0 Å². The lowest BCUT2D eigenvalue weighted by Crippen LogP contribution is -2.49. The highest BCUT2D eigenvalue weighted by Gasteiger charge is 2.29. The number of carbonyl (C=O) groups excluding carboxylic acids is 1. The molecular weight excluding hydrogens is 343 g/mol. The molecule has 5 nitrogen and oxygen atoms in total. The molecular formula is C18H25FN2O3S. The van der Waals surface area contributed by atoms with Gasteiger partial charge in [0.2, 0.25) is 15.9 Å². The second-order valence-electron chi connectivity index (χ2n) is 7.11. The van der Waals surface area contributed by atoms with Crippen LogP contribution in [0.15, 0.2) is 29.2 Å². The van der Waals surface area contributed by atoms with Crippen molar-refractivity contribution in [3.8, 4) is 0 Å². The third-order valence-corrected chi connectivity index (χ3v) is 6.66. The average molecular weight is 368 g/mol. The van der Waals surface area contributed by atoms with Crippen molar-refractivity contribution < 1.29 is 17.6 Å². The molecule has 1 atom stereocenters. The summed E-state index contributed by atoms with van der Waals surface area (Å²) in [5.74, 6) is 0.0262. The van der Waals surface area contributed by atoms with E-state index in [0.29, 0.717) is 31.8 Å². The van der Waals surface area contributed by atoms with E-state index in [1.54, 1.807) is 4.90 Å². The molecule has 0 bridgehead atoms. The first-order valence-electron chi connectivity index (χ1n) is 9.00. The summed E-state index contributed by atoms with van der Waals surface area (Å²) in [6.07, 6.45) is 6.67. The molecule has 1 saturated carbocycles. The smallest absolute Gasteiger partial charge is 0.240 e. The molecule has 1 unspecified atom stereocenters. The molecule has 3 rings (SSSR count). The summed E-state index contributed by atoms with van der Waals surface area (Å²) >= 11 is 0. The number of piperidine rings is 1. The Kier molecular flexibility index (Phi) is 5.74. The van der Waals surface area contributed by atoms with Crippen molar-refractivity contribution >= 4 is 15.9 Å². The number of halogens is 1. The minimum atomic E-state index is -3.78. The molecule has 1 aliphatic heterocycles. The molecule has 1 aromatic carbocycles. The fraction of sp³-hybridized carbons (Fsp3) is 0.611. The van der Waals surface area contributed by atoms with E-state index in [-0.39, 0.29) is 16.8 Å². The molecule has 1 aliphatic carbocycles. The number of sulfonamides is 1. The van der Waals surface area contributed by atoms with E-state index in [1.807, 2.05) is 0 Å². The fourth-order valence-corrected chi connectivity index (χ4v) is 5.10. The fourth-order valence-electron chi connectivity index (χ4n) is 3.81. The van der Waals surface area contributed by atoms with Crippen LogP contribution in [0.5, 0.6) is 0 Å². The van der Waals surface area contributed by atoms with Gasteiger partial charge in [-0.15, -0.1) is 0 Å². The zero-order chi connectivity index (χ0) is 17.9. The highest BCUT2D eigenvalue weighted by atomic mass is 32.2. The SMILES string of the molecule is O=C(CC1CCCC1)N1CCCC(NS(=O)(=O)c2cccc(F)c2)C1. The second kappa shape index (κ2) is 7.83. The van der Waals surface area contributed by atoms with Gasteiger partial charge in [-0.2, -0.15) is 0 Å². The zero-order valence-corrected chi connectivity index (χ0v) is 15.1. The van der Waals surface area contributed by atoms with E-state index < -0.39 is 15.8 Å². The highest BCUT2D eigenvalue weighted by molar-refractivity contribution is 7.89. The summed E-state index contributed by atoms with van der Waals surface area (Å²) in [7, 11) is -3.78. The van der Waals surface area contributed by atoms with Crippen molar-refractivity contribution in [1.29, 1.82) is 0 Å². The molecule has 1 N–H and O–H groups in total. The van der Waals surface area contributed by atoms with Crippen LogP contribution in [0.1, 0.15) is 44.9 Å². The van der Waals surface area contributed by atoms with Crippen LogP contribution < -0.4 is 4.72 Å². The maximum absolute atomic E-state index is 13.3. The Labute approximate surface area is 148 Å². The van der Waals surface area contributed by atoms with Crippen LogP contribution in [0.4, 0.5) is 4.39 Å². The first-order chi connectivity index (χ1) is 11.9. The summed E-state index contributed by atoms with van der Waals surface area (Å²) < 4.78 is 40.8. The summed E-state index contributed by atoms with van der Waals surface area (Å²) in [5.41, 5.74) is 0. The lowest BCUT2D eigenvalue weighted by molar-refractivity contribution is -0.133. The summed E-state index contributed by atoms with van der Waals surface area (Å²) in [6.45, 7) is 1.07. The number of nitrogens with zero attached hydrogens (tertiary/aromatic N) is 1. The molecule has 0 aromatic heterocycles. The van der Waals surface area contributed by atoms with Crippen LogP contribution in [0.25, 0.3) is 0 Å². The summed E-state index contributed by atoms with van der Waals surface area (Å²) in [6, 6.07) is 4.64. The van der Waals surface area contributed by atoms with Crippen LogP contribution in [-0.4, -0.2) is 38.4 Å². The molecule has 1 amide bonds. The number of likely N-dealkylation sites (tertiary alicyclic amines) is 1. The number of rotatable bonds is 5. The quantitative estimate of drug-likeness (QED) is 0.869. The minimum Gasteiger partial charge on any atom is -0.341 e. The average Bonchev–Trinajstić information content (AvgIpc) is 3.07. The van der Waals surface area contributed by atoms with Gasteiger partial charge in [-0.1, -0.05) is 18.9 Å². The molecule has 1 saturated heterocycles. The Bertz CT molecular complexity index is 717. The molecule has 1 aromatic rings. The Hall–Kier alpha value is -1.47. The van der Waals surface area contributed by atoms with Gasteiger partial charge in [0.25, 0.3) is 0 Å². The van der Waals surface area contributed by atoms with Crippen LogP contribution in [0.3, 0.4) is 0 Å². The molecule has 0 radical (unpaired) electrons. The minimum absolute atomic E-state index is 0.0816. The number of amides is 1. The third kappa shape index (κ3) is 4.79. The molecule has 0 spiro atoms. The third-order valence-electron chi connectivity index (χ3n) is 5.14. The second-order valence-corrected chi connectivity index (χ2v) is 8.83. The Balaban J connectivity index is 1.60. The highest BCUT2D eigenvalue weighted by Crippen LogP contribution is 2.28. The zero-order valence-electron chi connectivity index (χ0n) is 14.3. The number of hydrogen-bond donors (Lipinski definition) is 1. The van der Waals surface area contributed by atoms with Gasteiger partial charge < -0.3 is 4.90 Å². The maximum atomic E-state index is 13.3. The van der Waals surface area contributed by atoms with Gasteiger partial charge in [0.15, 0.2) is 0 Å². The largest absolute Gasteiger partial charge is 0.341 e. The van der Waals surface area contributed by atoms with Gasteiger partial charge in [-0.05, 0) is 49.8 Å². The predicted molar refractivity (Wildman–Crippen MR) is 92.9 cm³/mol. The van der Waals surface area contributed by atoms with Crippen molar-refractivity contribution in [2.75, 3.05) is 13.1 Å². The van der Waals surface area contributed by atoms with E-state index in [0.717, 1.165) is 25.3 Å². The first kappa shape index (κ1) is 18.3. The standard InChI is InChI=1S/C18H25FN2O3S/c19-15-7-3-9-17(12-15)25(23,24)20-16-8-4-10-21(13-16)18(22)11-14-5-1-2-6-14/h3,7,9,12,14,16,20H,1-2,4-6,8,10-11,13H2. The Morgan fingerprint density at radius 3 is 2.68 bits per heavy atom. The van der Waals surface area contributed by atoms with Crippen LogP contribution in [0, 0.1) is 11.7 Å². The van der Waals surface area contributed by atoms with Gasteiger partial charge in [-0.25, -0.2) is 17.5 Å². The molecule has 138 valence electrons. The normalized spacial score (nSPS) is 22.3. The molecule has 2 aliphatic rings. The maximum Gasteiger partial charge on any atom is 0.240 e. The molecule has 1 heterocycles. The van der Waals surface area contributed by atoms with Gasteiger partial charge in [-0.3, -0.25) is 4.79 Å². The van der Waals surface area contributed by atoms with Crippen molar-refractivity contribution in [2.45, 2.75) is 55.9 Å². The number of nitrogens with one attached hydrogen (secondary N) is 1. The van der Waals surface area contributed by atoms with E-state index in [9.17, 15) is 17.6 Å². The van der Waals surface area contributed by atoms with Gasteiger partial charge >= 0.3 is 0 Å². The lowest BCUT2D eigenvalue weighted by atomic mass is 10.0. The van der Waals surface area contributed by atoms with Gasteiger partial charge in [0.05, 0.1) is 4.90 Å². The van der Waals surface area contributed by atoms with Crippen molar-refractivity contribution in [3.63, 3.8) is 0 Å². The van der Waals surface area contributed by atoms with Crippen molar-refractivity contribution in [3.05, 3.63) is 30.1 Å². The predicted octanol–water partition coefficient (Wildman–Crippen LogP) is 2.68. The molecule has 2 fully saturated rings. The molecule has 7 heteroatoms. The van der Waals surface area contributed by atoms with E-state index in [4.69, 9.17) is 0 Å². The monoisotopic (exact) mass is 368 g/mol. The number of benzene rings is 1. The Morgan fingerprint density at radius 1 is 1.20 bits per heavy atom. The van der Waals surface area contributed by atoms with E-state index >= 15 is 0 Å². The lowest BCUT2D eigenvalue weighted by Gasteiger charge is -2.33. The van der Waals surface area contributed by atoms with E-state index in [2.05, 4.69) is 4.72 Å². The summed E-state index contributed by atoms with van der Waals surface area (Å²) in [5, 5.41) is 0. The van der Waals surface area contributed by atoms with Gasteiger partial charge in [0, 0.05) is 25.6 Å².